The molecular weight excluding hydrogens is 228 g/mol. The van der Waals surface area contributed by atoms with Crippen molar-refractivity contribution in [3.8, 4) is 0 Å². The van der Waals surface area contributed by atoms with E-state index >= 15 is 0 Å². The monoisotopic (exact) mass is 242 g/mol. The molecule has 0 radical (unpaired) electrons. The van der Waals surface area contributed by atoms with Gasteiger partial charge in [0, 0.05) is 24.5 Å². The van der Waals surface area contributed by atoms with E-state index in [9.17, 15) is 9.90 Å². The Bertz CT molecular complexity index is 500. The first-order valence-electron chi connectivity index (χ1n) is 5.68. The van der Waals surface area contributed by atoms with Crippen LogP contribution in [0.3, 0.4) is 0 Å². The summed E-state index contributed by atoms with van der Waals surface area (Å²) in [5.41, 5.74) is 1.32. The minimum atomic E-state index is -0.697. The number of pyridine rings is 1. The van der Waals surface area contributed by atoms with Crippen molar-refractivity contribution in [2.24, 2.45) is 0 Å². The molecule has 0 saturated heterocycles. The third-order valence-corrected chi connectivity index (χ3v) is 2.58. The smallest absolute Gasteiger partial charge is 0.251 e. The van der Waals surface area contributed by atoms with Gasteiger partial charge in [0.2, 0.25) is 0 Å². The molecule has 0 fully saturated rings. The van der Waals surface area contributed by atoms with Gasteiger partial charge in [0.05, 0.1) is 6.10 Å². The Morgan fingerprint density at radius 1 is 1.17 bits per heavy atom. The summed E-state index contributed by atoms with van der Waals surface area (Å²) in [6, 6.07) is 12.5. The van der Waals surface area contributed by atoms with Crippen LogP contribution in [0.4, 0.5) is 0 Å². The van der Waals surface area contributed by atoms with Crippen LogP contribution in [0.15, 0.2) is 54.9 Å². The number of hydrogen-bond donors (Lipinski definition) is 2. The second-order valence-electron chi connectivity index (χ2n) is 3.87. The van der Waals surface area contributed by atoms with E-state index in [-0.39, 0.29) is 12.5 Å². The van der Waals surface area contributed by atoms with Crippen molar-refractivity contribution >= 4 is 5.91 Å². The molecule has 0 aliphatic heterocycles. The standard InChI is InChI=1S/C14H14N2O2/c17-13(11-4-2-1-3-5-11)10-16-14(18)12-6-8-15-9-7-12/h1-9,13,17H,10H2,(H,16,18). The maximum Gasteiger partial charge on any atom is 0.251 e. The third kappa shape index (κ3) is 3.15. The molecule has 92 valence electrons. The molecule has 1 atom stereocenters. The van der Waals surface area contributed by atoms with Gasteiger partial charge in [-0.3, -0.25) is 9.78 Å². The van der Waals surface area contributed by atoms with Gasteiger partial charge in [0.1, 0.15) is 0 Å². The number of nitrogens with one attached hydrogen (secondary N) is 1. The molecule has 4 nitrogen and oxygen atoms in total. The number of aliphatic hydroxyl groups is 1. The largest absolute Gasteiger partial charge is 0.387 e. The molecule has 1 unspecified atom stereocenters. The van der Waals surface area contributed by atoms with Gasteiger partial charge in [-0.25, -0.2) is 0 Å². The Hall–Kier alpha value is -2.20. The summed E-state index contributed by atoms with van der Waals surface area (Å²) in [7, 11) is 0. The molecule has 0 saturated carbocycles. The molecule has 0 bridgehead atoms. The summed E-state index contributed by atoms with van der Waals surface area (Å²) >= 11 is 0. The van der Waals surface area contributed by atoms with E-state index in [1.165, 1.54) is 0 Å². The summed E-state index contributed by atoms with van der Waals surface area (Å²) in [6.07, 6.45) is 2.42. The van der Waals surface area contributed by atoms with E-state index in [0.717, 1.165) is 5.56 Å². The maximum atomic E-state index is 11.7. The van der Waals surface area contributed by atoms with E-state index in [4.69, 9.17) is 0 Å². The zero-order valence-electron chi connectivity index (χ0n) is 9.78. The SMILES string of the molecule is O=C(NCC(O)c1ccccc1)c1ccncc1. The fraction of sp³-hybridized carbons (Fsp3) is 0.143. The van der Waals surface area contributed by atoms with Crippen LogP contribution >= 0.6 is 0 Å². The topological polar surface area (TPSA) is 62.2 Å². The van der Waals surface area contributed by atoms with Crippen molar-refractivity contribution in [2.45, 2.75) is 6.10 Å². The van der Waals surface area contributed by atoms with Crippen LogP contribution in [-0.4, -0.2) is 22.5 Å². The highest BCUT2D eigenvalue weighted by molar-refractivity contribution is 5.93. The lowest BCUT2D eigenvalue weighted by atomic mass is 10.1. The highest BCUT2D eigenvalue weighted by Crippen LogP contribution is 2.10. The molecule has 0 spiro atoms. The first-order valence-corrected chi connectivity index (χ1v) is 5.68. The lowest BCUT2D eigenvalue weighted by molar-refractivity contribution is 0.0916. The van der Waals surface area contributed by atoms with Crippen LogP contribution in [0, 0.1) is 0 Å². The first-order chi connectivity index (χ1) is 8.77. The first kappa shape index (κ1) is 12.3. The molecule has 0 aliphatic rings. The van der Waals surface area contributed by atoms with Gasteiger partial charge in [-0.05, 0) is 17.7 Å². The predicted octanol–water partition coefficient (Wildman–Crippen LogP) is 1.55. The minimum Gasteiger partial charge on any atom is -0.387 e. The Balaban J connectivity index is 1.91. The molecule has 1 aromatic heterocycles. The average molecular weight is 242 g/mol. The molecule has 0 aliphatic carbocycles. The van der Waals surface area contributed by atoms with E-state index in [1.54, 1.807) is 24.5 Å². The Kier molecular flexibility index (Phi) is 4.04. The van der Waals surface area contributed by atoms with Crippen molar-refractivity contribution in [1.82, 2.24) is 10.3 Å². The van der Waals surface area contributed by atoms with Gasteiger partial charge in [0.25, 0.3) is 5.91 Å². The van der Waals surface area contributed by atoms with Gasteiger partial charge in [0.15, 0.2) is 0 Å². The molecule has 4 heteroatoms. The highest BCUT2D eigenvalue weighted by Gasteiger charge is 2.09. The third-order valence-electron chi connectivity index (χ3n) is 2.58. The number of rotatable bonds is 4. The molecule has 1 aromatic carbocycles. The van der Waals surface area contributed by atoms with Crippen molar-refractivity contribution in [2.75, 3.05) is 6.54 Å². The van der Waals surface area contributed by atoms with E-state index in [0.29, 0.717) is 5.56 Å². The Morgan fingerprint density at radius 3 is 2.50 bits per heavy atom. The normalized spacial score (nSPS) is 11.8. The minimum absolute atomic E-state index is 0.186. The van der Waals surface area contributed by atoms with Crippen LogP contribution in [0.1, 0.15) is 22.0 Å². The molecule has 2 N–H and O–H groups in total. The van der Waals surface area contributed by atoms with Gasteiger partial charge >= 0.3 is 0 Å². The summed E-state index contributed by atoms with van der Waals surface area (Å²) in [6.45, 7) is 0.186. The Labute approximate surface area is 105 Å². The molecule has 1 heterocycles. The summed E-state index contributed by atoms with van der Waals surface area (Å²) in [5.74, 6) is -0.215. The lowest BCUT2D eigenvalue weighted by Gasteiger charge is -2.12. The number of benzene rings is 1. The number of hydrogen-bond acceptors (Lipinski definition) is 3. The summed E-state index contributed by atoms with van der Waals surface area (Å²) in [5, 5.41) is 12.6. The zero-order valence-corrected chi connectivity index (χ0v) is 9.78. The number of amides is 1. The van der Waals surface area contributed by atoms with Crippen molar-refractivity contribution in [3.05, 3.63) is 66.0 Å². The van der Waals surface area contributed by atoms with Gasteiger partial charge < -0.3 is 10.4 Å². The van der Waals surface area contributed by atoms with Crippen molar-refractivity contribution in [3.63, 3.8) is 0 Å². The summed E-state index contributed by atoms with van der Waals surface area (Å²) < 4.78 is 0. The lowest BCUT2D eigenvalue weighted by Crippen LogP contribution is -2.28. The van der Waals surface area contributed by atoms with Gasteiger partial charge in [-0.15, -0.1) is 0 Å². The van der Waals surface area contributed by atoms with Gasteiger partial charge in [-0.2, -0.15) is 0 Å². The van der Waals surface area contributed by atoms with Crippen LogP contribution in [0.5, 0.6) is 0 Å². The number of nitrogens with zero attached hydrogens (tertiary/aromatic N) is 1. The quantitative estimate of drug-likeness (QED) is 0.855. The van der Waals surface area contributed by atoms with Crippen molar-refractivity contribution in [1.29, 1.82) is 0 Å². The number of aliphatic hydroxyl groups excluding tert-OH is 1. The number of carbonyl (C=O) groups excluding carboxylic acids is 1. The Morgan fingerprint density at radius 2 is 1.83 bits per heavy atom. The number of carbonyl (C=O) groups is 1. The average Bonchev–Trinajstić information content (AvgIpc) is 2.46. The van der Waals surface area contributed by atoms with E-state index < -0.39 is 6.10 Å². The molecule has 1 amide bonds. The summed E-state index contributed by atoms with van der Waals surface area (Å²) in [4.78, 5) is 15.6. The maximum absolute atomic E-state index is 11.7. The number of aromatic nitrogens is 1. The van der Waals surface area contributed by atoms with Crippen LogP contribution in [-0.2, 0) is 0 Å². The second-order valence-corrected chi connectivity index (χ2v) is 3.87. The van der Waals surface area contributed by atoms with Crippen LogP contribution < -0.4 is 5.32 Å². The zero-order chi connectivity index (χ0) is 12.8. The molecule has 2 aromatic rings. The van der Waals surface area contributed by atoms with E-state index in [1.807, 2.05) is 30.3 Å². The fourth-order valence-electron chi connectivity index (χ4n) is 1.59. The van der Waals surface area contributed by atoms with Gasteiger partial charge in [-0.1, -0.05) is 30.3 Å². The van der Waals surface area contributed by atoms with Crippen molar-refractivity contribution < 1.29 is 9.90 Å². The fourth-order valence-corrected chi connectivity index (χ4v) is 1.59. The molecule has 2 rings (SSSR count). The van der Waals surface area contributed by atoms with Crippen LogP contribution in [0.25, 0.3) is 0 Å². The van der Waals surface area contributed by atoms with E-state index in [2.05, 4.69) is 10.3 Å². The second kappa shape index (κ2) is 5.93. The molecule has 18 heavy (non-hydrogen) atoms. The predicted molar refractivity (Wildman–Crippen MR) is 68.0 cm³/mol. The van der Waals surface area contributed by atoms with Crippen LogP contribution in [0.2, 0.25) is 0 Å². The highest BCUT2D eigenvalue weighted by atomic mass is 16.3. The molecular formula is C14H14N2O2.